The van der Waals surface area contributed by atoms with E-state index in [9.17, 15) is 19.7 Å². The average molecular weight is 327 g/mol. The quantitative estimate of drug-likeness (QED) is 0.597. The first-order chi connectivity index (χ1) is 10.4. The number of hydrogen-bond acceptors (Lipinski definition) is 5. The van der Waals surface area contributed by atoms with Crippen molar-refractivity contribution in [3.05, 3.63) is 33.3 Å². The number of likely N-dealkylation sites (tertiary alicyclic amines) is 1. The van der Waals surface area contributed by atoms with Gasteiger partial charge in [-0.3, -0.25) is 19.7 Å². The van der Waals surface area contributed by atoms with Gasteiger partial charge in [0.15, 0.2) is 0 Å². The number of nitrogens with two attached hydrogens (primary N) is 1. The molecule has 0 aliphatic carbocycles. The maximum atomic E-state index is 11.7. The molecule has 1 atom stereocenters. The van der Waals surface area contributed by atoms with Gasteiger partial charge in [-0.25, -0.2) is 0 Å². The van der Waals surface area contributed by atoms with Crippen molar-refractivity contribution in [3.8, 4) is 0 Å². The molecular formula is C13H15ClN4O4. The van der Waals surface area contributed by atoms with Crippen molar-refractivity contribution in [2.24, 2.45) is 11.7 Å². The van der Waals surface area contributed by atoms with Crippen molar-refractivity contribution in [1.29, 1.82) is 0 Å². The van der Waals surface area contributed by atoms with Crippen LogP contribution in [-0.4, -0.2) is 41.3 Å². The minimum absolute atomic E-state index is 0.121. The summed E-state index contributed by atoms with van der Waals surface area (Å²) in [5.41, 5.74) is 5.39. The molecule has 2 amide bonds. The first-order valence-electron chi connectivity index (χ1n) is 6.63. The van der Waals surface area contributed by atoms with Crippen LogP contribution in [0.1, 0.15) is 6.42 Å². The lowest BCUT2D eigenvalue weighted by molar-refractivity contribution is -0.383. The normalized spacial score (nSPS) is 17.6. The molecule has 1 fully saturated rings. The highest BCUT2D eigenvalue weighted by atomic mass is 35.5. The van der Waals surface area contributed by atoms with Crippen LogP contribution in [0.15, 0.2) is 18.2 Å². The molecule has 0 radical (unpaired) electrons. The summed E-state index contributed by atoms with van der Waals surface area (Å²) in [5, 5.41) is 14.1. The molecule has 1 aliphatic heterocycles. The van der Waals surface area contributed by atoms with Gasteiger partial charge in [0, 0.05) is 37.1 Å². The van der Waals surface area contributed by atoms with Crippen LogP contribution in [-0.2, 0) is 9.59 Å². The highest BCUT2D eigenvalue weighted by molar-refractivity contribution is 6.30. The number of rotatable bonds is 6. The monoisotopic (exact) mass is 326 g/mol. The molecule has 2 rings (SSSR count). The van der Waals surface area contributed by atoms with Gasteiger partial charge in [-0.15, -0.1) is 0 Å². The summed E-state index contributed by atoms with van der Waals surface area (Å²) in [6.45, 7) is 0.945. The summed E-state index contributed by atoms with van der Waals surface area (Å²) in [4.78, 5) is 34.7. The number of primary amides is 1. The number of carbonyl (C=O) groups is 2. The zero-order valence-electron chi connectivity index (χ0n) is 11.6. The van der Waals surface area contributed by atoms with Gasteiger partial charge in [-0.05, 0) is 12.1 Å². The number of nitrogens with one attached hydrogen (secondary N) is 1. The summed E-state index contributed by atoms with van der Waals surface area (Å²) < 4.78 is 0. The lowest BCUT2D eigenvalue weighted by atomic mass is 10.1. The van der Waals surface area contributed by atoms with Crippen LogP contribution in [0.5, 0.6) is 0 Å². The molecular weight excluding hydrogens is 312 g/mol. The van der Waals surface area contributed by atoms with Gasteiger partial charge in [-0.2, -0.15) is 0 Å². The lowest BCUT2D eigenvalue weighted by Crippen LogP contribution is -2.32. The molecule has 0 saturated carbocycles. The molecule has 8 nitrogen and oxygen atoms in total. The van der Waals surface area contributed by atoms with E-state index in [-0.39, 0.29) is 23.0 Å². The number of amides is 2. The number of nitrogens with zero attached hydrogens (tertiary/aromatic N) is 2. The number of anilines is 1. The van der Waals surface area contributed by atoms with Crippen molar-refractivity contribution >= 4 is 34.8 Å². The van der Waals surface area contributed by atoms with Gasteiger partial charge in [-0.1, -0.05) is 11.6 Å². The van der Waals surface area contributed by atoms with Crippen LogP contribution < -0.4 is 11.1 Å². The van der Waals surface area contributed by atoms with Crippen molar-refractivity contribution < 1.29 is 14.5 Å². The summed E-state index contributed by atoms with van der Waals surface area (Å²) in [7, 11) is 0. The van der Waals surface area contributed by atoms with E-state index in [4.69, 9.17) is 17.3 Å². The Morgan fingerprint density at radius 1 is 1.55 bits per heavy atom. The second-order valence-electron chi connectivity index (χ2n) is 4.99. The number of nitro groups is 1. The molecule has 0 bridgehead atoms. The summed E-state index contributed by atoms with van der Waals surface area (Å²) >= 11 is 5.73. The molecule has 0 spiro atoms. The Labute approximate surface area is 131 Å². The first-order valence-corrected chi connectivity index (χ1v) is 7.01. The van der Waals surface area contributed by atoms with Gasteiger partial charge < -0.3 is 16.0 Å². The van der Waals surface area contributed by atoms with E-state index >= 15 is 0 Å². The standard InChI is InChI=1S/C13H15ClN4O4/c14-9-1-2-10(11(6-9)18(21)22)16-3-4-17-7-8(13(15)20)5-12(17)19/h1-2,6,8,16H,3-5,7H2,(H2,15,20). The first kappa shape index (κ1) is 16.0. The van der Waals surface area contributed by atoms with E-state index in [1.807, 2.05) is 0 Å². The number of benzene rings is 1. The topological polar surface area (TPSA) is 119 Å². The van der Waals surface area contributed by atoms with Gasteiger partial charge >= 0.3 is 0 Å². The summed E-state index contributed by atoms with van der Waals surface area (Å²) in [6, 6.07) is 4.31. The molecule has 0 aromatic heterocycles. The Morgan fingerprint density at radius 3 is 2.86 bits per heavy atom. The Balaban J connectivity index is 1.93. The van der Waals surface area contributed by atoms with E-state index < -0.39 is 16.7 Å². The van der Waals surface area contributed by atoms with E-state index in [0.717, 1.165) is 0 Å². The predicted molar refractivity (Wildman–Crippen MR) is 80.5 cm³/mol. The summed E-state index contributed by atoms with van der Waals surface area (Å²) in [5.74, 6) is -1.09. The maximum Gasteiger partial charge on any atom is 0.293 e. The van der Waals surface area contributed by atoms with Crippen LogP contribution in [0.3, 0.4) is 0 Å². The molecule has 1 aliphatic rings. The van der Waals surface area contributed by atoms with Gasteiger partial charge in [0.2, 0.25) is 11.8 Å². The molecule has 3 N–H and O–H groups in total. The Morgan fingerprint density at radius 2 is 2.27 bits per heavy atom. The number of hydrogen-bond donors (Lipinski definition) is 2. The third kappa shape index (κ3) is 3.64. The van der Waals surface area contributed by atoms with E-state index in [2.05, 4.69) is 5.32 Å². The third-order valence-electron chi connectivity index (χ3n) is 3.47. The molecule has 9 heteroatoms. The highest BCUT2D eigenvalue weighted by Gasteiger charge is 2.32. The Kier molecular flexibility index (Phi) is 4.81. The Bertz CT molecular complexity index is 622. The highest BCUT2D eigenvalue weighted by Crippen LogP contribution is 2.27. The Hall–Kier alpha value is -2.35. The molecule has 1 aromatic carbocycles. The fourth-order valence-electron chi connectivity index (χ4n) is 2.31. The molecule has 118 valence electrons. The minimum atomic E-state index is -0.529. The second-order valence-corrected chi connectivity index (χ2v) is 5.42. The van der Waals surface area contributed by atoms with Crippen molar-refractivity contribution in [2.45, 2.75) is 6.42 Å². The van der Waals surface area contributed by atoms with Crippen LogP contribution >= 0.6 is 11.6 Å². The largest absolute Gasteiger partial charge is 0.378 e. The van der Waals surface area contributed by atoms with Crippen molar-refractivity contribution in [2.75, 3.05) is 25.0 Å². The fraction of sp³-hybridized carbons (Fsp3) is 0.385. The van der Waals surface area contributed by atoms with Gasteiger partial charge in [0.25, 0.3) is 5.69 Å². The second kappa shape index (κ2) is 6.61. The van der Waals surface area contributed by atoms with Crippen LogP contribution in [0.2, 0.25) is 5.02 Å². The van der Waals surface area contributed by atoms with E-state index in [1.165, 1.54) is 17.0 Å². The fourth-order valence-corrected chi connectivity index (χ4v) is 2.48. The zero-order chi connectivity index (χ0) is 16.3. The molecule has 22 heavy (non-hydrogen) atoms. The summed E-state index contributed by atoms with van der Waals surface area (Å²) in [6.07, 6.45) is 0.121. The molecule has 1 saturated heterocycles. The third-order valence-corrected chi connectivity index (χ3v) is 3.71. The van der Waals surface area contributed by atoms with Crippen molar-refractivity contribution in [3.63, 3.8) is 0 Å². The SMILES string of the molecule is NC(=O)C1CC(=O)N(CCNc2ccc(Cl)cc2[N+](=O)[O-])C1. The molecule has 1 unspecified atom stereocenters. The van der Waals surface area contributed by atoms with E-state index in [0.29, 0.717) is 25.3 Å². The van der Waals surface area contributed by atoms with Gasteiger partial charge in [0.1, 0.15) is 5.69 Å². The smallest absolute Gasteiger partial charge is 0.293 e. The van der Waals surface area contributed by atoms with E-state index in [1.54, 1.807) is 6.07 Å². The zero-order valence-corrected chi connectivity index (χ0v) is 12.4. The number of halogens is 1. The predicted octanol–water partition coefficient (Wildman–Crippen LogP) is 0.994. The van der Waals surface area contributed by atoms with Crippen LogP contribution in [0, 0.1) is 16.0 Å². The van der Waals surface area contributed by atoms with Crippen LogP contribution in [0.4, 0.5) is 11.4 Å². The number of carbonyl (C=O) groups excluding carboxylic acids is 2. The number of nitro benzene ring substituents is 1. The molecule has 1 heterocycles. The van der Waals surface area contributed by atoms with Crippen molar-refractivity contribution in [1.82, 2.24) is 4.90 Å². The molecule has 1 aromatic rings. The lowest BCUT2D eigenvalue weighted by Gasteiger charge is -2.16. The van der Waals surface area contributed by atoms with Crippen LogP contribution in [0.25, 0.3) is 0 Å². The average Bonchev–Trinajstić information content (AvgIpc) is 2.82. The van der Waals surface area contributed by atoms with Gasteiger partial charge in [0.05, 0.1) is 10.8 Å². The maximum absolute atomic E-state index is 11.7. The minimum Gasteiger partial charge on any atom is -0.378 e.